The van der Waals surface area contributed by atoms with E-state index in [9.17, 15) is 0 Å². The highest BCUT2D eigenvalue weighted by Crippen LogP contribution is 2.37. The number of rotatable bonds is 3. The van der Waals surface area contributed by atoms with E-state index < -0.39 is 0 Å². The molecule has 0 radical (unpaired) electrons. The monoisotopic (exact) mass is 268 g/mol. The second-order valence-electron chi connectivity index (χ2n) is 6.62. The number of piperidine rings is 1. The second-order valence-corrected chi connectivity index (χ2v) is 8.11. The summed E-state index contributed by atoms with van der Waals surface area (Å²) in [6, 6.07) is 2.57. The molecule has 0 spiro atoms. The molecule has 0 aromatic heterocycles. The molecule has 2 bridgehead atoms. The van der Waals surface area contributed by atoms with Gasteiger partial charge in [0.1, 0.15) is 0 Å². The van der Waals surface area contributed by atoms with Crippen LogP contribution < -0.4 is 5.32 Å². The Kier molecular flexibility index (Phi) is 4.21. The highest BCUT2D eigenvalue weighted by atomic mass is 32.2. The zero-order valence-electron chi connectivity index (χ0n) is 11.9. The topological polar surface area (TPSA) is 15.3 Å². The molecule has 0 aliphatic carbocycles. The van der Waals surface area contributed by atoms with Crippen LogP contribution in [0.2, 0.25) is 0 Å². The number of fused-ring (bicyclic) bond motifs is 2. The largest absolute Gasteiger partial charge is 0.313 e. The van der Waals surface area contributed by atoms with Crippen molar-refractivity contribution in [3.05, 3.63) is 0 Å². The Labute approximate surface area is 116 Å². The number of nitrogens with zero attached hydrogens (tertiary/aromatic N) is 1. The quantitative estimate of drug-likeness (QED) is 0.847. The average Bonchev–Trinajstić information content (AvgIpc) is 2.62. The fraction of sp³-hybridized carbons (Fsp3) is 1.00. The van der Waals surface area contributed by atoms with Gasteiger partial charge in [-0.25, -0.2) is 0 Å². The van der Waals surface area contributed by atoms with Gasteiger partial charge in [0, 0.05) is 23.4 Å². The maximum atomic E-state index is 3.89. The summed E-state index contributed by atoms with van der Waals surface area (Å²) in [4.78, 5) is 2.65. The molecule has 1 N–H and O–H groups in total. The third-order valence-electron chi connectivity index (χ3n) is 5.47. The van der Waals surface area contributed by atoms with E-state index >= 15 is 0 Å². The van der Waals surface area contributed by atoms with Crippen LogP contribution in [0.1, 0.15) is 45.4 Å². The van der Waals surface area contributed by atoms with Crippen LogP contribution in [0.15, 0.2) is 0 Å². The summed E-state index contributed by atoms with van der Waals surface area (Å²) in [5.74, 6) is 2.32. The molecule has 2 nitrogen and oxygen atoms in total. The molecule has 0 aromatic carbocycles. The van der Waals surface area contributed by atoms with Crippen LogP contribution in [0, 0.1) is 5.92 Å². The Morgan fingerprint density at radius 2 is 1.89 bits per heavy atom. The molecule has 3 aliphatic rings. The number of nitrogens with one attached hydrogen (secondary N) is 1. The first-order valence-corrected chi connectivity index (χ1v) is 8.86. The van der Waals surface area contributed by atoms with Crippen LogP contribution >= 0.6 is 11.8 Å². The maximum Gasteiger partial charge on any atom is 0.0184 e. The molecular formula is C15H28N2S. The van der Waals surface area contributed by atoms with Gasteiger partial charge in [-0.05, 0) is 63.8 Å². The Morgan fingerprint density at radius 3 is 2.56 bits per heavy atom. The van der Waals surface area contributed by atoms with Crippen molar-refractivity contribution in [2.24, 2.45) is 5.92 Å². The highest BCUT2D eigenvalue weighted by molar-refractivity contribution is 7.99. The van der Waals surface area contributed by atoms with Crippen LogP contribution in [0.25, 0.3) is 0 Å². The third kappa shape index (κ3) is 2.73. The summed E-state index contributed by atoms with van der Waals surface area (Å²) >= 11 is 2.16. The van der Waals surface area contributed by atoms with E-state index in [-0.39, 0.29) is 0 Å². The number of thioether (sulfide) groups is 1. The van der Waals surface area contributed by atoms with Gasteiger partial charge in [-0.2, -0.15) is 11.8 Å². The first-order chi connectivity index (χ1) is 8.74. The van der Waals surface area contributed by atoms with Crippen molar-refractivity contribution in [1.82, 2.24) is 10.2 Å². The predicted molar refractivity (Wildman–Crippen MR) is 80.2 cm³/mol. The van der Waals surface area contributed by atoms with Crippen molar-refractivity contribution in [2.75, 3.05) is 19.3 Å². The van der Waals surface area contributed by atoms with Gasteiger partial charge in [0.15, 0.2) is 0 Å². The van der Waals surface area contributed by atoms with Crippen LogP contribution in [0.5, 0.6) is 0 Å². The number of hydrogen-bond acceptors (Lipinski definition) is 3. The standard InChI is InChI=1S/C15H28N2S/c1-11-15(4-3-7-18-11)16-10-12-8-13-5-6-14(9-12)17(13)2/h11-16H,3-10H2,1-2H3. The lowest BCUT2D eigenvalue weighted by molar-refractivity contribution is 0.131. The molecule has 3 saturated heterocycles. The summed E-state index contributed by atoms with van der Waals surface area (Å²) in [5.41, 5.74) is 0. The van der Waals surface area contributed by atoms with E-state index in [1.165, 1.54) is 50.8 Å². The Balaban J connectivity index is 1.46. The predicted octanol–water partition coefficient (Wildman–Crippen LogP) is 2.73. The molecule has 3 fully saturated rings. The van der Waals surface area contributed by atoms with Crippen LogP contribution in [0.4, 0.5) is 0 Å². The summed E-state index contributed by atoms with van der Waals surface area (Å²) in [6.45, 7) is 3.68. The molecule has 3 rings (SSSR count). The average molecular weight is 268 g/mol. The Hall–Kier alpha value is 0.270. The summed E-state index contributed by atoms with van der Waals surface area (Å²) < 4.78 is 0. The molecular weight excluding hydrogens is 240 g/mol. The lowest BCUT2D eigenvalue weighted by Gasteiger charge is -2.38. The number of hydrogen-bond donors (Lipinski definition) is 1. The molecule has 3 heterocycles. The normalized spacial score (nSPS) is 45.3. The van der Waals surface area contributed by atoms with E-state index in [0.29, 0.717) is 0 Å². The summed E-state index contributed by atoms with van der Waals surface area (Å²) in [7, 11) is 2.34. The smallest absolute Gasteiger partial charge is 0.0184 e. The molecule has 0 aromatic rings. The van der Waals surface area contributed by atoms with Gasteiger partial charge < -0.3 is 10.2 Å². The first-order valence-electron chi connectivity index (χ1n) is 7.81. The van der Waals surface area contributed by atoms with Crippen molar-refractivity contribution in [3.8, 4) is 0 Å². The molecule has 3 aliphatic heterocycles. The first kappa shape index (κ1) is 13.3. The van der Waals surface area contributed by atoms with E-state index in [1.54, 1.807) is 0 Å². The maximum absolute atomic E-state index is 3.89. The van der Waals surface area contributed by atoms with Gasteiger partial charge >= 0.3 is 0 Å². The fourth-order valence-corrected chi connectivity index (χ4v) is 5.37. The van der Waals surface area contributed by atoms with Gasteiger partial charge in [0.2, 0.25) is 0 Å². The van der Waals surface area contributed by atoms with E-state index in [4.69, 9.17) is 0 Å². The Bertz CT molecular complexity index is 270. The molecule has 4 atom stereocenters. The zero-order chi connectivity index (χ0) is 12.5. The van der Waals surface area contributed by atoms with Gasteiger partial charge in [-0.1, -0.05) is 6.92 Å². The highest BCUT2D eigenvalue weighted by Gasteiger charge is 2.38. The minimum absolute atomic E-state index is 0.779. The van der Waals surface area contributed by atoms with Crippen LogP contribution in [0.3, 0.4) is 0 Å². The van der Waals surface area contributed by atoms with Gasteiger partial charge in [0.05, 0.1) is 0 Å². The lowest BCUT2D eigenvalue weighted by Crippen LogP contribution is -2.46. The van der Waals surface area contributed by atoms with Crippen LogP contribution in [-0.2, 0) is 0 Å². The van der Waals surface area contributed by atoms with Crippen molar-refractivity contribution in [3.63, 3.8) is 0 Å². The van der Waals surface area contributed by atoms with E-state index in [2.05, 4.69) is 35.9 Å². The zero-order valence-corrected chi connectivity index (χ0v) is 12.7. The fourth-order valence-electron chi connectivity index (χ4n) is 4.20. The van der Waals surface area contributed by atoms with Gasteiger partial charge in [-0.3, -0.25) is 0 Å². The van der Waals surface area contributed by atoms with Crippen molar-refractivity contribution in [1.29, 1.82) is 0 Å². The van der Waals surface area contributed by atoms with Gasteiger partial charge in [-0.15, -0.1) is 0 Å². The summed E-state index contributed by atoms with van der Waals surface area (Å²) in [6.07, 6.45) is 8.59. The molecule has 4 unspecified atom stereocenters. The minimum atomic E-state index is 0.779. The van der Waals surface area contributed by atoms with Crippen LogP contribution in [-0.4, -0.2) is 47.6 Å². The van der Waals surface area contributed by atoms with Crippen molar-refractivity contribution in [2.45, 2.75) is 68.8 Å². The lowest BCUT2D eigenvalue weighted by atomic mass is 9.90. The molecule has 3 heteroatoms. The molecule has 104 valence electrons. The van der Waals surface area contributed by atoms with Crippen molar-refractivity contribution >= 4 is 11.8 Å². The second kappa shape index (κ2) is 5.72. The third-order valence-corrected chi connectivity index (χ3v) is 6.85. The SMILES string of the molecule is CC1SCCCC1NCC1CC2CCC(C1)N2C. The van der Waals surface area contributed by atoms with E-state index in [0.717, 1.165) is 29.3 Å². The van der Waals surface area contributed by atoms with Crippen molar-refractivity contribution < 1.29 is 0 Å². The molecule has 18 heavy (non-hydrogen) atoms. The van der Waals surface area contributed by atoms with E-state index in [1.807, 2.05) is 0 Å². The summed E-state index contributed by atoms with van der Waals surface area (Å²) in [5, 5.41) is 4.71. The molecule has 0 amide bonds. The molecule has 0 saturated carbocycles. The minimum Gasteiger partial charge on any atom is -0.313 e. The van der Waals surface area contributed by atoms with Gasteiger partial charge in [0.25, 0.3) is 0 Å². The Morgan fingerprint density at radius 1 is 1.17 bits per heavy atom.